The number of hydrogen-bond acceptors (Lipinski definition) is 1. The van der Waals surface area contributed by atoms with Gasteiger partial charge in [-0.15, -0.1) is 0 Å². The van der Waals surface area contributed by atoms with Crippen LogP contribution in [0.25, 0.3) is 0 Å². The maximum atomic E-state index is 10.4. The van der Waals surface area contributed by atoms with Crippen molar-refractivity contribution in [2.24, 2.45) is 0 Å². The Labute approximate surface area is 76.9 Å². The van der Waals surface area contributed by atoms with Crippen molar-refractivity contribution in [1.82, 2.24) is 0 Å². The molecular formula is C8H17AsO2. The Hall–Kier alpha value is 0.0284. The molecule has 0 radical (unpaired) electrons. The molecule has 0 heterocycles. The first-order valence-corrected chi connectivity index (χ1v) is 5.56. The second-order valence-corrected chi connectivity index (χ2v) is 4.48. The summed E-state index contributed by atoms with van der Waals surface area (Å²) in [6.45, 7) is 2.16. The van der Waals surface area contributed by atoms with Crippen molar-refractivity contribution in [3.63, 3.8) is 0 Å². The standard InChI is InChI=1S/C8H17AsO2/c1-2-3-4-5-6-7(9)8(10)11/h7H,2-6,9H2,1H3,(H,10,11). The third kappa shape index (κ3) is 6.43. The Morgan fingerprint density at radius 3 is 2.55 bits per heavy atom. The van der Waals surface area contributed by atoms with Crippen molar-refractivity contribution in [3.8, 4) is 0 Å². The van der Waals surface area contributed by atoms with Gasteiger partial charge in [0, 0.05) is 0 Å². The first-order valence-electron chi connectivity index (χ1n) is 4.17. The van der Waals surface area contributed by atoms with Gasteiger partial charge in [-0.1, -0.05) is 0 Å². The third-order valence-corrected chi connectivity index (χ3v) is 2.98. The Bertz CT molecular complexity index is 115. The number of carboxylic acids is 1. The third-order valence-electron chi connectivity index (χ3n) is 1.69. The zero-order valence-electron chi connectivity index (χ0n) is 7.05. The summed E-state index contributed by atoms with van der Waals surface area (Å²) >= 11 is 1.33. The molecule has 0 rings (SSSR count). The fourth-order valence-electron chi connectivity index (χ4n) is 0.915. The first kappa shape index (κ1) is 11.0. The molecule has 0 aliphatic heterocycles. The van der Waals surface area contributed by atoms with Crippen molar-refractivity contribution < 1.29 is 9.90 Å². The van der Waals surface area contributed by atoms with Gasteiger partial charge in [-0.3, -0.25) is 0 Å². The normalized spacial score (nSPS) is 12.9. The minimum atomic E-state index is -0.638. The van der Waals surface area contributed by atoms with Crippen LogP contribution in [0, 0.1) is 0 Å². The van der Waals surface area contributed by atoms with E-state index in [4.69, 9.17) is 5.11 Å². The van der Waals surface area contributed by atoms with Crippen molar-refractivity contribution in [2.45, 2.75) is 43.7 Å². The van der Waals surface area contributed by atoms with E-state index in [1.54, 1.807) is 0 Å². The van der Waals surface area contributed by atoms with Gasteiger partial charge in [-0.05, 0) is 0 Å². The van der Waals surface area contributed by atoms with Crippen LogP contribution in [-0.2, 0) is 4.79 Å². The molecule has 11 heavy (non-hydrogen) atoms. The molecule has 66 valence electrons. The second kappa shape index (κ2) is 6.72. The molecule has 0 aromatic heterocycles. The number of carbonyl (C=O) groups is 1. The van der Waals surface area contributed by atoms with Crippen molar-refractivity contribution in [1.29, 1.82) is 0 Å². The molecule has 0 aromatic carbocycles. The summed E-state index contributed by atoms with van der Waals surface area (Å²) in [6.07, 6.45) is 5.56. The molecule has 0 saturated heterocycles. The van der Waals surface area contributed by atoms with Crippen LogP contribution in [0.15, 0.2) is 0 Å². The molecule has 0 bridgehead atoms. The average molecular weight is 220 g/mol. The average Bonchev–Trinajstić information content (AvgIpc) is 1.97. The van der Waals surface area contributed by atoms with Crippen LogP contribution < -0.4 is 0 Å². The number of unbranched alkanes of at least 4 members (excludes halogenated alkanes) is 3. The molecule has 2 nitrogen and oxygen atoms in total. The van der Waals surface area contributed by atoms with Crippen LogP contribution in [0.4, 0.5) is 0 Å². The SMILES string of the molecule is CCCCCCC([AsH2])C(=O)O. The van der Waals surface area contributed by atoms with Gasteiger partial charge in [0.2, 0.25) is 0 Å². The summed E-state index contributed by atoms with van der Waals surface area (Å²) < 4.78 is -0.0978. The zero-order valence-corrected chi connectivity index (χ0v) is 9.47. The monoisotopic (exact) mass is 220 g/mol. The molecule has 0 aromatic rings. The molecule has 0 aliphatic carbocycles. The van der Waals surface area contributed by atoms with Crippen molar-refractivity contribution in [3.05, 3.63) is 0 Å². The Morgan fingerprint density at radius 1 is 1.45 bits per heavy atom. The molecule has 0 amide bonds. The zero-order chi connectivity index (χ0) is 8.69. The van der Waals surface area contributed by atoms with Crippen LogP contribution in [0.5, 0.6) is 0 Å². The second-order valence-electron chi connectivity index (χ2n) is 2.79. The quantitative estimate of drug-likeness (QED) is 0.543. The predicted molar refractivity (Wildman–Crippen MR) is 48.7 cm³/mol. The van der Waals surface area contributed by atoms with Crippen LogP contribution in [0.1, 0.15) is 39.0 Å². The summed E-state index contributed by atoms with van der Waals surface area (Å²) in [4.78, 5) is 10.4. The van der Waals surface area contributed by atoms with Crippen molar-refractivity contribution >= 4 is 22.8 Å². The molecule has 0 aliphatic rings. The summed E-state index contributed by atoms with van der Waals surface area (Å²) in [5.74, 6) is -0.638. The van der Waals surface area contributed by atoms with E-state index < -0.39 is 5.97 Å². The van der Waals surface area contributed by atoms with Crippen LogP contribution in [0.3, 0.4) is 0 Å². The number of carboxylic acid groups (broad SMARTS) is 1. The van der Waals surface area contributed by atoms with Gasteiger partial charge in [-0.25, -0.2) is 0 Å². The predicted octanol–water partition coefficient (Wildman–Crippen LogP) is 1.46. The van der Waals surface area contributed by atoms with E-state index in [0.29, 0.717) is 0 Å². The number of aliphatic carboxylic acids is 1. The van der Waals surface area contributed by atoms with Gasteiger partial charge in [0.1, 0.15) is 0 Å². The number of rotatable bonds is 6. The van der Waals surface area contributed by atoms with E-state index in [-0.39, 0.29) is 4.71 Å². The summed E-state index contributed by atoms with van der Waals surface area (Å²) in [6, 6.07) is 0. The molecule has 2 unspecified atom stereocenters. The molecule has 2 atom stereocenters. The Morgan fingerprint density at radius 2 is 2.09 bits per heavy atom. The van der Waals surface area contributed by atoms with Crippen molar-refractivity contribution in [2.75, 3.05) is 0 Å². The Kier molecular flexibility index (Phi) is 6.74. The molecular weight excluding hydrogens is 203 g/mol. The minimum absolute atomic E-state index is 0.0978. The molecule has 1 N–H and O–H groups in total. The molecule has 3 heteroatoms. The van der Waals surface area contributed by atoms with Gasteiger partial charge < -0.3 is 0 Å². The summed E-state index contributed by atoms with van der Waals surface area (Å²) in [5, 5.41) is 8.55. The summed E-state index contributed by atoms with van der Waals surface area (Å²) in [7, 11) is 0. The van der Waals surface area contributed by atoms with Crippen LogP contribution >= 0.6 is 0 Å². The molecule has 0 fully saturated rings. The van der Waals surface area contributed by atoms with E-state index in [9.17, 15) is 4.79 Å². The first-order chi connectivity index (χ1) is 5.18. The van der Waals surface area contributed by atoms with E-state index in [0.717, 1.165) is 12.8 Å². The topological polar surface area (TPSA) is 37.3 Å². The van der Waals surface area contributed by atoms with Gasteiger partial charge >= 0.3 is 76.5 Å². The maximum absolute atomic E-state index is 10.4. The van der Waals surface area contributed by atoms with Gasteiger partial charge in [0.15, 0.2) is 0 Å². The molecule has 0 spiro atoms. The van der Waals surface area contributed by atoms with E-state index in [1.807, 2.05) is 0 Å². The van der Waals surface area contributed by atoms with Gasteiger partial charge in [-0.2, -0.15) is 0 Å². The van der Waals surface area contributed by atoms with Gasteiger partial charge in [0.25, 0.3) is 0 Å². The summed E-state index contributed by atoms with van der Waals surface area (Å²) in [5.41, 5.74) is 0. The van der Waals surface area contributed by atoms with Crippen LogP contribution in [0.2, 0.25) is 4.71 Å². The fraction of sp³-hybridized carbons (Fsp3) is 0.875. The van der Waals surface area contributed by atoms with E-state index >= 15 is 0 Å². The van der Waals surface area contributed by atoms with Crippen LogP contribution in [-0.4, -0.2) is 27.9 Å². The van der Waals surface area contributed by atoms with Gasteiger partial charge in [0.05, 0.1) is 0 Å². The number of hydrogen-bond donors (Lipinski definition) is 1. The van der Waals surface area contributed by atoms with E-state index in [1.165, 1.54) is 36.1 Å². The fourth-order valence-corrected chi connectivity index (χ4v) is 1.41. The molecule has 0 saturated carbocycles. The van der Waals surface area contributed by atoms with E-state index in [2.05, 4.69) is 6.92 Å². The Balaban J connectivity index is 3.17.